The molecule has 2 unspecified atom stereocenters. The number of fused-ring (bicyclic) bond motifs is 2. The van der Waals surface area contributed by atoms with Crippen molar-refractivity contribution in [3.63, 3.8) is 0 Å². The van der Waals surface area contributed by atoms with Gasteiger partial charge in [0.15, 0.2) is 0 Å². The fourth-order valence-electron chi connectivity index (χ4n) is 4.82. The van der Waals surface area contributed by atoms with Crippen molar-refractivity contribution in [1.29, 1.82) is 0 Å². The summed E-state index contributed by atoms with van der Waals surface area (Å²) in [5.41, 5.74) is 1.68. The Kier molecular flexibility index (Phi) is 6.56. The van der Waals surface area contributed by atoms with Crippen molar-refractivity contribution in [1.82, 2.24) is 0 Å². The fraction of sp³-hybridized carbons (Fsp3) is 0.400. The number of hydrogen-bond acceptors (Lipinski definition) is 4. The molecule has 170 valence electrons. The van der Waals surface area contributed by atoms with Crippen LogP contribution in [0.15, 0.2) is 48.6 Å². The zero-order valence-corrected chi connectivity index (χ0v) is 18.4. The first-order chi connectivity index (χ1) is 15.3. The van der Waals surface area contributed by atoms with E-state index in [1.54, 1.807) is 24.3 Å². The first kappa shape index (κ1) is 22.8. The SMILES string of the molecule is CC(c1ccc(F)cc1)C(O)/C=C/[C@@H]1[C@H]2CCc3ccc(C(=O)O)c(Cl)c3O[C@H]2C[C@H]1O. The molecule has 0 bridgehead atoms. The molecule has 5 nitrogen and oxygen atoms in total. The van der Waals surface area contributed by atoms with Crippen molar-refractivity contribution in [3.8, 4) is 5.75 Å². The molecule has 3 N–H and O–H groups in total. The number of carboxylic acid groups (broad SMARTS) is 1. The average Bonchev–Trinajstić information content (AvgIpc) is 2.93. The van der Waals surface area contributed by atoms with Crippen LogP contribution in [0.5, 0.6) is 5.75 Å². The Morgan fingerprint density at radius 2 is 1.97 bits per heavy atom. The van der Waals surface area contributed by atoms with Gasteiger partial charge in [-0.15, -0.1) is 0 Å². The number of halogens is 2. The molecule has 0 aromatic heterocycles. The molecule has 4 rings (SSSR count). The minimum absolute atomic E-state index is 0.00300. The van der Waals surface area contributed by atoms with Crippen LogP contribution in [0.2, 0.25) is 5.02 Å². The minimum atomic E-state index is -1.11. The summed E-state index contributed by atoms with van der Waals surface area (Å²) < 4.78 is 19.3. The second-order valence-corrected chi connectivity index (χ2v) is 9.05. The van der Waals surface area contributed by atoms with Gasteiger partial charge in [0.2, 0.25) is 0 Å². The van der Waals surface area contributed by atoms with E-state index < -0.39 is 18.2 Å². The largest absolute Gasteiger partial charge is 0.488 e. The first-order valence-electron chi connectivity index (χ1n) is 10.8. The molecule has 0 radical (unpaired) electrons. The highest BCUT2D eigenvalue weighted by molar-refractivity contribution is 6.35. The van der Waals surface area contributed by atoms with E-state index in [1.165, 1.54) is 18.2 Å². The Morgan fingerprint density at radius 3 is 2.66 bits per heavy atom. The van der Waals surface area contributed by atoms with E-state index in [4.69, 9.17) is 16.3 Å². The van der Waals surface area contributed by atoms with Crippen molar-refractivity contribution in [3.05, 3.63) is 76.1 Å². The van der Waals surface area contributed by atoms with Gasteiger partial charge in [0.05, 0.1) is 22.8 Å². The molecule has 7 heteroatoms. The molecule has 2 aromatic carbocycles. The van der Waals surface area contributed by atoms with Gasteiger partial charge >= 0.3 is 5.97 Å². The van der Waals surface area contributed by atoms with Gasteiger partial charge in [-0.05, 0) is 42.2 Å². The van der Waals surface area contributed by atoms with E-state index >= 15 is 0 Å². The van der Waals surface area contributed by atoms with Crippen LogP contribution in [0.1, 0.15) is 47.2 Å². The van der Waals surface area contributed by atoms with E-state index in [1.807, 2.05) is 13.0 Å². The van der Waals surface area contributed by atoms with Gasteiger partial charge in [-0.3, -0.25) is 0 Å². The maximum Gasteiger partial charge on any atom is 0.337 e. The second kappa shape index (κ2) is 9.22. The lowest BCUT2D eigenvalue weighted by Gasteiger charge is -2.22. The van der Waals surface area contributed by atoms with E-state index in [9.17, 15) is 24.5 Å². The van der Waals surface area contributed by atoms with Crippen molar-refractivity contribution in [2.45, 2.75) is 50.4 Å². The molecule has 0 saturated heterocycles. The van der Waals surface area contributed by atoms with Crippen LogP contribution in [-0.2, 0) is 6.42 Å². The highest BCUT2D eigenvalue weighted by Crippen LogP contribution is 2.45. The Balaban J connectivity index is 1.50. The lowest BCUT2D eigenvalue weighted by atomic mass is 9.87. The van der Waals surface area contributed by atoms with Crippen LogP contribution < -0.4 is 4.74 Å². The number of aryl methyl sites for hydroxylation is 1. The topological polar surface area (TPSA) is 87.0 Å². The first-order valence-corrected chi connectivity index (χ1v) is 11.1. The van der Waals surface area contributed by atoms with Crippen LogP contribution in [0, 0.1) is 17.7 Å². The number of aromatic carboxylic acids is 1. The highest BCUT2D eigenvalue weighted by Gasteiger charge is 2.44. The average molecular weight is 461 g/mol. The summed E-state index contributed by atoms with van der Waals surface area (Å²) in [5.74, 6) is -1.48. The smallest absolute Gasteiger partial charge is 0.337 e. The van der Waals surface area contributed by atoms with Gasteiger partial charge in [-0.25, -0.2) is 9.18 Å². The van der Waals surface area contributed by atoms with Gasteiger partial charge in [-0.1, -0.05) is 48.9 Å². The second-order valence-electron chi connectivity index (χ2n) is 8.68. The third-order valence-electron chi connectivity index (χ3n) is 6.75. The van der Waals surface area contributed by atoms with Crippen LogP contribution in [0.3, 0.4) is 0 Å². The quantitative estimate of drug-likeness (QED) is 0.568. The molecular weight excluding hydrogens is 435 g/mol. The molecule has 2 aliphatic rings. The van der Waals surface area contributed by atoms with Crippen molar-refractivity contribution >= 4 is 17.6 Å². The van der Waals surface area contributed by atoms with Gasteiger partial charge in [-0.2, -0.15) is 0 Å². The summed E-state index contributed by atoms with van der Waals surface area (Å²) in [5, 5.41) is 30.8. The van der Waals surface area contributed by atoms with Crippen LogP contribution >= 0.6 is 11.6 Å². The normalized spacial score (nSPS) is 26.7. The predicted octanol–water partition coefficient (Wildman–Crippen LogP) is 4.59. The molecule has 1 heterocycles. The van der Waals surface area contributed by atoms with E-state index in [2.05, 4.69) is 0 Å². The van der Waals surface area contributed by atoms with Crippen molar-refractivity contribution in [2.75, 3.05) is 0 Å². The Labute approximate surface area is 191 Å². The molecule has 1 aliphatic carbocycles. The molecule has 1 aliphatic heterocycles. The third-order valence-corrected chi connectivity index (χ3v) is 7.13. The summed E-state index contributed by atoms with van der Waals surface area (Å²) in [7, 11) is 0. The van der Waals surface area contributed by atoms with Crippen molar-refractivity contribution < 1.29 is 29.2 Å². The zero-order valence-electron chi connectivity index (χ0n) is 17.6. The number of carbonyl (C=O) groups is 1. The van der Waals surface area contributed by atoms with Crippen LogP contribution in [-0.4, -0.2) is 39.6 Å². The predicted molar refractivity (Wildman–Crippen MR) is 119 cm³/mol. The molecule has 0 spiro atoms. The van der Waals surface area contributed by atoms with E-state index in [-0.39, 0.29) is 40.3 Å². The Hall–Kier alpha value is -2.41. The van der Waals surface area contributed by atoms with Crippen LogP contribution in [0.25, 0.3) is 0 Å². The number of hydrogen-bond donors (Lipinski definition) is 3. The van der Waals surface area contributed by atoms with Gasteiger partial charge in [0.1, 0.15) is 17.7 Å². The highest BCUT2D eigenvalue weighted by atomic mass is 35.5. The van der Waals surface area contributed by atoms with E-state index in [0.29, 0.717) is 18.6 Å². The Morgan fingerprint density at radius 1 is 1.25 bits per heavy atom. The lowest BCUT2D eigenvalue weighted by Crippen LogP contribution is -2.24. The maximum atomic E-state index is 13.2. The standard InChI is InChI=1S/C25H26ClFO5/c1-13(14-2-6-16(27)7-3-14)20(28)11-10-17-18-8-4-15-5-9-19(25(30)31)23(26)24(15)32-22(18)12-21(17)29/h2-3,5-7,9-11,13,17-18,20-22,28-29H,4,8,12H2,1H3,(H,30,31)/b11-10+/t13?,17-,18-,20?,21-,22+/m1/s1. The molecule has 32 heavy (non-hydrogen) atoms. The minimum Gasteiger partial charge on any atom is -0.488 e. The Bertz CT molecular complexity index is 1020. The van der Waals surface area contributed by atoms with Crippen LogP contribution in [0.4, 0.5) is 4.39 Å². The maximum absolute atomic E-state index is 13.2. The summed E-state index contributed by atoms with van der Waals surface area (Å²) >= 11 is 6.32. The number of aliphatic hydroxyl groups excluding tert-OH is 2. The molecule has 2 aromatic rings. The van der Waals surface area contributed by atoms with Gasteiger partial charge in [0, 0.05) is 24.2 Å². The monoisotopic (exact) mass is 460 g/mol. The summed E-state index contributed by atoms with van der Waals surface area (Å²) in [6.07, 6.45) is 3.62. The molecule has 1 fully saturated rings. The molecule has 1 saturated carbocycles. The summed E-state index contributed by atoms with van der Waals surface area (Å²) in [6, 6.07) is 9.28. The molecule has 0 amide bonds. The molecular formula is C25H26ClFO5. The number of aliphatic hydroxyl groups is 2. The van der Waals surface area contributed by atoms with Crippen molar-refractivity contribution in [2.24, 2.45) is 11.8 Å². The number of carboxylic acids is 1. The van der Waals surface area contributed by atoms with Gasteiger partial charge < -0.3 is 20.1 Å². The number of benzene rings is 2. The fourth-order valence-corrected chi connectivity index (χ4v) is 5.13. The summed E-state index contributed by atoms with van der Waals surface area (Å²) in [6.45, 7) is 1.86. The summed E-state index contributed by atoms with van der Waals surface area (Å²) in [4.78, 5) is 11.4. The molecule has 6 atom stereocenters. The van der Waals surface area contributed by atoms with E-state index in [0.717, 1.165) is 17.5 Å². The number of rotatable bonds is 5. The third kappa shape index (κ3) is 4.40. The number of ether oxygens (including phenoxy) is 1. The zero-order chi connectivity index (χ0) is 23.0. The lowest BCUT2D eigenvalue weighted by molar-refractivity contribution is 0.0695. The van der Waals surface area contributed by atoms with Gasteiger partial charge in [0.25, 0.3) is 0 Å².